The summed E-state index contributed by atoms with van der Waals surface area (Å²) in [6.45, 7) is 0. The molecule has 0 aliphatic heterocycles. The number of carbonyl (C=O) groups is 2. The molecule has 1 amide bonds. The Hall–Kier alpha value is -2.32. The molecule has 1 rings (SSSR count). The normalized spacial score (nSPS) is 8.81. The quantitative estimate of drug-likeness (QED) is 0.284. The molecule has 0 bridgehead atoms. The molecule has 0 saturated carbocycles. The van der Waals surface area contributed by atoms with E-state index >= 15 is 0 Å². The largest absolute Gasteiger partial charge is 0.481 e. The van der Waals surface area contributed by atoms with E-state index < -0.39 is 5.97 Å². The molecule has 1 aromatic rings. The molecule has 0 heterocycles. The van der Waals surface area contributed by atoms with Crippen molar-refractivity contribution in [1.29, 1.82) is 0 Å². The molecule has 5 heteroatoms. The first-order chi connectivity index (χ1) is 7.63. The summed E-state index contributed by atoms with van der Waals surface area (Å²) in [5.41, 5.74) is 3.08. The standard InChI is InChI=1S/C11H10N2O3/c12-13-11(16)9-6-4-8(5-7-9)2-1-3-10(14)15/h4-7H,3,12H2,(H,13,16)(H,14,15). The first-order valence-electron chi connectivity index (χ1n) is 4.45. The van der Waals surface area contributed by atoms with Gasteiger partial charge in [0.2, 0.25) is 0 Å². The molecule has 0 saturated heterocycles. The molecule has 4 N–H and O–H groups in total. The predicted octanol–water partition coefficient (Wildman–Crippen LogP) is 0.116. The Labute approximate surface area is 92.2 Å². The zero-order valence-electron chi connectivity index (χ0n) is 8.36. The molecule has 1 aromatic carbocycles. The monoisotopic (exact) mass is 218 g/mol. The molecule has 5 nitrogen and oxygen atoms in total. The third kappa shape index (κ3) is 3.44. The number of nitrogens with one attached hydrogen (secondary N) is 1. The molecular weight excluding hydrogens is 208 g/mol. The third-order valence-electron chi connectivity index (χ3n) is 1.75. The van der Waals surface area contributed by atoms with Crippen LogP contribution in [-0.2, 0) is 4.79 Å². The summed E-state index contributed by atoms with van der Waals surface area (Å²) in [7, 11) is 0. The maximum atomic E-state index is 11.1. The van der Waals surface area contributed by atoms with Gasteiger partial charge in [-0.2, -0.15) is 0 Å². The molecule has 0 aromatic heterocycles. The Kier molecular flexibility index (Phi) is 4.07. The fraction of sp³-hybridized carbons (Fsp3) is 0.0909. The summed E-state index contributed by atoms with van der Waals surface area (Å²) in [4.78, 5) is 21.3. The Bertz CT molecular complexity index is 454. The van der Waals surface area contributed by atoms with Crippen molar-refractivity contribution in [3.05, 3.63) is 35.4 Å². The maximum absolute atomic E-state index is 11.1. The number of carboxylic acid groups (broad SMARTS) is 1. The van der Waals surface area contributed by atoms with Crippen molar-refractivity contribution in [3.63, 3.8) is 0 Å². The van der Waals surface area contributed by atoms with Gasteiger partial charge in [-0.05, 0) is 24.3 Å². The molecule has 0 unspecified atom stereocenters. The lowest BCUT2D eigenvalue weighted by molar-refractivity contribution is -0.135. The van der Waals surface area contributed by atoms with E-state index in [1.165, 1.54) is 0 Å². The van der Waals surface area contributed by atoms with Gasteiger partial charge in [0.05, 0.1) is 0 Å². The highest BCUT2D eigenvalue weighted by molar-refractivity contribution is 5.93. The van der Waals surface area contributed by atoms with Crippen LogP contribution < -0.4 is 11.3 Å². The minimum absolute atomic E-state index is 0.203. The number of hydrogen-bond acceptors (Lipinski definition) is 3. The van der Waals surface area contributed by atoms with Crippen LogP contribution >= 0.6 is 0 Å². The molecule has 16 heavy (non-hydrogen) atoms. The number of carbonyl (C=O) groups excluding carboxylic acids is 1. The van der Waals surface area contributed by atoms with Crippen molar-refractivity contribution in [2.24, 2.45) is 5.84 Å². The number of nitrogen functional groups attached to an aromatic ring is 1. The Morgan fingerprint density at radius 1 is 1.31 bits per heavy atom. The van der Waals surface area contributed by atoms with E-state index in [2.05, 4.69) is 11.8 Å². The van der Waals surface area contributed by atoms with E-state index in [1.54, 1.807) is 24.3 Å². The molecule has 0 fully saturated rings. The van der Waals surface area contributed by atoms with Crippen LogP contribution in [-0.4, -0.2) is 17.0 Å². The summed E-state index contributed by atoms with van der Waals surface area (Å²) < 4.78 is 0. The van der Waals surface area contributed by atoms with Gasteiger partial charge >= 0.3 is 5.97 Å². The van der Waals surface area contributed by atoms with Crippen LogP contribution in [0, 0.1) is 11.8 Å². The fourth-order valence-electron chi connectivity index (χ4n) is 1.01. The molecule has 0 aliphatic carbocycles. The third-order valence-corrected chi connectivity index (χ3v) is 1.75. The van der Waals surface area contributed by atoms with Crippen LogP contribution in [0.15, 0.2) is 24.3 Å². The summed E-state index contributed by atoms with van der Waals surface area (Å²) in [6.07, 6.45) is -0.203. The fourth-order valence-corrected chi connectivity index (χ4v) is 1.01. The van der Waals surface area contributed by atoms with Gasteiger partial charge in [-0.3, -0.25) is 15.0 Å². The van der Waals surface area contributed by atoms with Crippen molar-refractivity contribution in [1.82, 2.24) is 5.43 Å². The van der Waals surface area contributed by atoms with E-state index in [9.17, 15) is 9.59 Å². The first kappa shape index (κ1) is 11.8. The zero-order valence-corrected chi connectivity index (χ0v) is 8.36. The average Bonchev–Trinajstić information content (AvgIpc) is 2.28. The second kappa shape index (κ2) is 5.53. The number of carboxylic acids is 1. The van der Waals surface area contributed by atoms with Crippen LogP contribution in [0.5, 0.6) is 0 Å². The molecule has 82 valence electrons. The highest BCUT2D eigenvalue weighted by atomic mass is 16.4. The van der Waals surface area contributed by atoms with Crippen molar-refractivity contribution in [2.45, 2.75) is 6.42 Å². The van der Waals surface area contributed by atoms with Gasteiger partial charge in [0.1, 0.15) is 6.42 Å². The zero-order chi connectivity index (χ0) is 12.0. The SMILES string of the molecule is NNC(=O)c1ccc(C#CCC(=O)O)cc1. The van der Waals surface area contributed by atoms with Crippen molar-refractivity contribution in [3.8, 4) is 11.8 Å². The van der Waals surface area contributed by atoms with E-state index in [4.69, 9.17) is 10.9 Å². The van der Waals surface area contributed by atoms with Gasteiger partial charge in [0.25, 0.3) is 5.91 Å². The lowest BCUT2D eigenvalue weighted by Gasteiger charge is -1.98. The minimum atomic E-state index is -0.966. The molecule has 0 aliphatic rings. The van der Waals surface area contributed by atoms with Crippen LogP contribution in [0.4, 0.5) is 0 Å². The van der Waals surface area contributed by atoms with E-state index in [0.717, 1.165) is 0 Å². The maximum Gasteiger partial charge on any atom is 0.315 e. The van der Waals surface area contributed by atoms with E-state index in [0.29, 0.717) is 11.1 Å². The summed E-state index contributed by atoms with van der Waals surface area (Å²) in [5.74, 6) is 8.77. The number of benzene rings is 1. The number of nitrogens with two attached hydrogens (primary N) is 1. The number of hydrazine groups is 1. The van der Waals surface area contributed by atoms with Gasteiger partial charge in [-0.25, -0.2) is 5.84 Å². The van der Waals surface area contributed by atoms with Gasteiger partial charge in [-0.15, -0.1) is 0 Å². The predicted molar refractivity (Wildman–Crippen MR) is 57.2 cm³/mol. The van der Waals surface area contributed by atoms with Gasteiger partial charge in [0.15, 0.2) is 0 Å². The van der Waals surface area contributed by atoms with E-state index in [1.807, 2.05) is 5.43 Å². The molecular formula is C11H10N2O3. The number of rotatable bonds is 2. The lowest BCUT2D eigenvalue weighted by atomic mass is 10.1. The van der Waals surface area contributed by atoms with Crippen LogP contribution in [0.3, 0.4) is 0 Å². The summed E-state index contributed by atoms with van der Waals surface area (Å²) in [5, 5.41) is 8.37. The van der Waals surface area contributed by atoms with Crippen LogP contribution in [0.2, 0.25) is 0 Å². The highest BCUT2D eigenvalue weighted by Gasteiger charge is 2.01. The van der Waals surface area contributed by atoms with Gasteiger partial charge in [0, 0.05) is 11.1 Å². The van der Waals surface area contributed by atoms with E-state index in [-0.39, 0.29) is 12.3 Å². The first-order valence-corrected chi connectivity index (χ1v) is 4.45. The second-order valence-electron chi connectivity index (χ2n) is 2.92. The Morgan fingerprint density at radius 2 is 1.94 bits per heavy atom. The number of aliphatic carboxylic acids is 1. The van der Waals surface area contributed by atoms with Crippen LogP contribution in [0.1, 0.15) is 22.3 Å². The number of amides is 1. The topological polar surface area (TPSA) is 92.4 Å². The smallest absolute Gasteiger partial charge is 0.315 e. The molecule has 0 spiro atoms. The minimum Gasteiger partial charge on any atom is -0.481 e. The average molecular weight is 218 g/mol. The second-order valence-corrected chi connectivity index (χ2v) is 2.92. The highest BCUT2D eigenvalue weighted by Crippen LogP contribution is 2.02. The molecule has 0 radical (unpaired) electrons. The number of hydrogen-bond donors (Lipinski definition) is 3. The van der Waals surface area contributed by atoms with Crippen LogP contribution in [0.25, 0.3) is 0 Å². The lowest BCUT2D eigenvalue weighted by Crippen LogP contribution is -2.29. The summed E-state index contributed by atoms with van der Waals surface area (Å²) >= 11 is 0. The van der Waals surface area contributed by atoms with Gasteiger partial charge in [-0.1, -0.05) is 11.8 Å². The van der Waals surface area contributed by atoms with Crippen molar-refractivity contribution >= 4 is 11.9 Å². The Balaban J connectivity index is 2.74. The van der Waals surface area contributed by atoms with Gasteiger partial charge < -0.3 is 5.11 Å². The summed E-state index contributed by atoms with van der Waals surface area (Å²) in [6, 6.07) is 6.37. The molecule has 0 atom stereocenters. The van der Waals surface area contributed by atoms with Crippen molar-refractivity contribution < 1.29 is 14.7 Å². The van der Waals surface area contributed by atoms with Crippen molar-refractivity contribution in [2.75, 3.05) is 0 Å². The Morgan fingerprint density at radius 3 is 2.44 bits per heavy atom.